The lowest BCUT2D eigenvalue weighted by Gasteiger charge is -2.20. The number of sulfonamides is 1. The Morgan fingerprint density at radius 2 is 1.78 bits per heavy atom. The molecule has 0 saturated carbocycles. The maximum atomic E-state index is 13.5. The molecule has 3 aromatic rings. The number of aromatic nitrogens is 2. The van der Waals surface area contributed by atoms with Gasteiger partial charge in [0.05, 0.1) is 23.7 Å². The highest BCUT2D eigenvalue weighted by molar-refractivity contribution is 7.92. The topological polar surface area (TPSA) is 114 Å². The summed E-state index contributed by atoms with van der Waals surface area (Å²) in [5.74, 6) is -0.743. The van der Waals surface area contributed by atoms with Gasteiger partial charge < -0.3 is 9.52 Å². The van der Waals surface area contributed by atoms with Crippen molar-refractivity contribution in [2.45, 2.75) is 19.8 Å². The molecule has 0 amide bonds. The number of benzene rings is 1. The van der Waals surface area contributed by atoms with Crippen LogP contribution in [0.15, 0.2) is 45.6 Å². The average Bonchev–Trinajstić information content (AvgIpc) is 2.70. The van der Waals surface area contributed by atoms with Gasteiger partial charge in [-0.25, -0.2) is 31.9 Å². The van der Waals surface area contributed by atoms with Gasteiger partial charge in [-0.3, -0.25) is 0 Å². The minimum Gasteiger partial charge on any atom is -0.508 e. The summed E-state index contributed by atoms with van der Waals surface area (Å²) in [7, 11) is -2.28. The standard InChI is InChI=1S/C22H22FN3O5S/c1-13(2)20-18(10-9-17-11-16(27)12-19(28)31-17)21(14-5-7-15(23)8-6-14)25-22(24-20)26(3)32(4,29)30/h5-13,27H,1-4H3/b10-9+. The van der Waals surface area contributed by atoms with Gasteiger partial charge in [0.25, 0.3) is 0 Å². The predicted octanol–water partition coefficient (Wildman–Crippen LogP) is 3.63. The summed E-state index contributed by atoms with van der Waals surface area (Å²) in [5.41, 5.74) is 1.25. The van der Waals surface area contributed by atoms with Crippen LogP contribution in [0.3, 0.4) is 0 Å². The van der Waals surface area contributed by atoms with E-state index in [1.165, 1.54) is 43.5 Å². The molecular formula is C22H22FN3O5S. The highest BCUT2D eigenvalue weighted by atomic mass is 32.2. The van der Waals surface area contributed by atoms with Gasteiger partial charge in [-0.15, -0.1) is 0 Å². The van der Waals surface area contributed by atoms with Gasteiger partial charge in [0.1, 0.15) is 17.3 Å². The second-order valence-electron chi connectivity index (χ2n) is 7.43. The Balaban J connectivity index is 2.28. The normalized spacial score (nSPS) is 11.9. The summed E-state index contributed by atoms with van der Waals surface area (Å²) >= 11 is 0. The van der Waals surface area contributed by atoms with E-state index in [4.69, 9.17) is 4.42 Å². The van der Waals surface area contributed by atoms with E-state index < -0.39 is 21.5 Å². The van der Waals surface area contributed by atoms with Crippen LogP contribution in [0.1, 0.15) is 36.8 Å². The molecule has 0 radical (unpaired) electrons. The number of hydrogen-bond acceptors (Lipinski definition) is 7. The van der Waals surface area contributed by atoms with Crippen LogP contribution in [-0.4, -0.2) is 36.8 Å². The van der Waals surface area contributed by atoms with Crippen molar-refractivity contribution in [1.82, 2.24) is 9.97 Å². The predicted molar refractivity (Wildman–Crippen MR) is 120 cm³/mol. The Bertz CT molecular complexity index is 1330. The first-order valence-electron chi connectivity index (χ1n) is 9.59. The Hall–Kier alpha value is -3.53. The van der Waals surface area contributed by atoms with E-state index in [2.05, 4.69) is 9.97 Å². The fourth-order valence-electron chi connectivity index (χ4n) is 2.93. The molecule has 0 saturated heterocycles. The van der Waals surface area contributed by atoms with Crippen LogP contribution in [0.2, 0.25) is 0 Å². The zero-order valence-corrected chi connectivity index (χ0v) is 18.7. The zero-order valence-electron chi connectivity index (χ0n) is 17.9. The van der Waals surface area contributed by atoms with E-state index in [0.717, 1.165) is 16.6 Å². The molecule has 168 valence electrons. The third-order valence-corrected chi connectivity index (χ3v) is 5.75. The van der Waals surface area contributed by atoms with Gasteiger partial charge in [0.15, 0.2) is 0 Å². The second kappa shape index (κ2) is 8.91. The Kier molecular flexibility index (Phi) is 6.45. The Labute approximate surface area is 184 Å². The third-order valence-electron chi connectivity index (χ3n) is 4.60. The molecule has 0 fully saturated rings. The smallest absolute Gasteiger partial charge is 0.339 e. The van der Waals surface area contributed by atoms with Crippen LogP contribution in [0.4, 0.5) is 10.3 Å². The Morgan fingerprint density at radius 3 is 2.34 bits per heavy atom. The summed E-state index contributed by atoms with van der Waals surface area (Å²) in [6.45, 7) is 3.76. The molecule has 2 heterocycles. The lowest BCUT2D eigenvalue weighted by Crippen LogP contribution is -2.27. The Morgan fingerprint density at radius 1 is 1.12 bits per heavy atom. The molecule has 32 heavy (non-hydrogen) atoms. The van der Waals surface area contributed by atoms with Gasteiger partial charge in [-0.2, -0.15) is 0 Å². The van der Waals surface area contributed by atoms with E-state index in [9.17, 15) is 22.7 Å². The first-order chi connectivity index (χ1) is 15.0. The van der Waals surface area contributed by atoms with Crippen LogP contribution in [0.5, 0.6) is 5.75 Å². The van der Waals surface area contributed by atoms with Crippen LogP contribution in [0.25, 0.3) is 23.4 Å². The minimum atomic E-state index is -3.63. The lowest BCUT2D eigenvalue weighted by atomic mass is 9.98. The van der Waals surface area contributed by atoms with Crippen LogP contribution >= 0.6 is 0 Å². The van der Waals surface area contributed by atoms with Crippen molar-refractivity contribution in [2.24, 2.45) is 0 Å². The third kappa shape index (κ3) is 5.20. The quantitative estimate of drug-likeness (QED) is 0.599. The summed E-state index contributed by atoms with van der Waals surface area (Å²) in [4.78, 5) is 20.5. The van der Waals surface area contributed by atoms with Crippen molar-refractivity contribution < 1.29 is 22.3 Å². The summed E-state index contributed by atoms with van der Waals surface area (Å²) in [6, 6.07) is 7.81. The molecule has 0 aliphatic heterocycles. The van der Waals surface area contributed by atoms with Crippen molar-refractivity contribution >= 4 is 28.1 Å². The summed E-state index contributed by atoms with van der Waals surface area (Å²) in [5, 5.41) is 9.65. The lowest BCUT2D eigenvalue weighted by molar-refractivity contribution is 0.444. The van der Waals surface area contributed by atoms with E-state index in [1.54, 1.807) is 6.08 Å². The number of aromatic hydroxyl groups is 1. The SMILES string of the molecule is CC(C)c1nc(N(C)S(C)(=O)=O)nc(-c2ccc(F)cc2)c1/C=C/c1cc(O)cc(=O)o1. The first-order valence-corrected chi connectivity index (χ1v) is 11.4. The highest BCUT2D eigenvalue weighted by Gasteiger charge is 2.22. The van der Waals surface area contributed by atoms with Crippen molar-refractivity contribution in [2.75, 3.05) is 17.6 Å². The minimum absolute atomic E-state index is 0.0310. The average molecular weight is 459 g/mol. The van der Waals surface area contributed by atoms with Gasteiger partial charge in [-0.1, -0.05) is 13.8 Å². The maximum Gasteiger partial charge on any atom is 0.339 e. The van der Waals surface area contributed by atoms with Crippen molar-refractivity contribution in [1.29, 1.82) is 0 Å². The number of hydrogen-bond donors (Lipinski definition) is 1. The molecule has 0 aliphatic rings. The number of nitrogens with zero attached hydrogens (tertiary/aromatic N) is 3. The number of rotatable bonds is 6. The molecule has 0 bridgehead atoms. The van der Waals surface area contributed by atoms with Crippen molar-refractivity contribution in [3.63, 3.8) is 0 Å². The second-order valence-corrected chi connectivity index (χ2v) is 9.45. The van der Waals surface area contributed by atoms with E-state index in [0.29, 0.717) is 22.5 Å². The molecule has 1 aromatic carbocycles. The molecule has 0 unspecified atom stereocenters. The molecule has 0 atom stereocenters. The molecule has 0 spiro atoms. The van der Waals surface area contributed by atoms with Gasteiger partial charge in [-0.05, 0) is 42.3 Å². The van der Waals surface area contributed by atoms with Gasteiger partial charge in [0.2, 0.25) is 16.0 Å². The summed E-state index contributed by atoms with van der Waals surface area (Å²) in [6.07, 6.45) is 4.12. The molecule has 2 aromatic heterocycles. The van der Waals surface area contributed by atoms with Crippen LogP contribution in [0, 0.1) is 5.82 Å². The molecule has 3 rings (SSSR count). The molecular weight excluding hydrogens is 437 g/mol. The monoisotopic (exact) mass is 459 g/mol. The molecule has 8 nitrogen and oxygen atoms in total. The van der Waals surface area contributed by atoms with Crippen molar-refractivity contribution in [3.05, 3.63) is 69.7 Å². The maximum absolute atomic E-state index is 13.5. The fourth-order valence-corrected chi connectivity index (χ4v) is 3.30. The summed E-state index contributed by atoms with van der Waals surface area (Å²) < 4.78 is 43.7. The molecule has 1 N–H and O–H groups in total. The largest absolute Gasteiger partial charge is 0.508 e. The van der Waals surface area contributed by atoms with Crippen LogP contribution < -0.4 is 9.93 Å². The van der Waals surface area contributed by atoms with Gasteiger partial charge in [0, 0.05) is 24.2 Å². The molecule has 10 heteroatoms. The highest BCUT2D eigenvalue weighted by Crippen LogP contribution is 2.32. The van der Waals surface area contributed by atoms with E-state index >= 15 is 0 Å². The van der Waals surface area contributed by atoms with E-state index in [-0.39, 0.29) is 23.4 Å². The van der Waals surface area contributed by atoms with Crippen LogP contribution in [-0.2, 0) is 10.0 Å². The molecule has 0 aliphatic carbocycles. The zero-order chi connectivity index (χ0) is 23.6. The fraction of sp³-hybridized carbons (Fsp3) is 0.227. The number of anilines is 1. The van der Waals surface area contributed by atoms with E-state index in [1.807, 2.05) is 13.8 Å². The number of halogens is 1. The van der Waals surface area contributed by atoms with Crippen molar-refractivity contribution in [3.8, 4) is 17.0 Å². The van der Waals surface area contributed by atoms with Gasteiger partial charge >= 0.3 is 5.63 Å². The first kappa shape index (κ1) is 23.1.